The summed E-state index contributed by atoms with van der Waals surface area (Å²) in [6.07, 6.45) is 5.68. The second-order valence-corrected chi connectivity index (χ2v) is 6.76. The first-order valence-electron chi connectivity index (χ1n) is 8.51. The highest BCUT2D eigenvalue weighted by Crippen LogP contribution is 2.26. The number of rotatable bonds is 4. The van der Waals surface area contributed by atoms with Gasteiger partial charge in [0, 0.05) is 44.5 Å². The first-order valence-corrected chi connectivity index (χ1v) is 8.51. The average Bonchev–Trinajstić information content (AvgIpc) is 3.16. The number of hydrogen-bond acceptors (Lipinski definition) is 3. The van der Waals surface area contributed by atoms with Crippen LogP contribution >= 0.6 is 0 Å². The van der Waals surface area contributed by atoms with Gasteiger partial charge in [-0.2, -0.15) is 5.10 Å². The molecule has 3 rings (SSSR count). The maximum Gasteiger partial charge on any atom is 0.345 e. The zero-order chi connectivity index (χ0) is 17.3. The molecule has 1 unspecified atom stereocenters. The standard InChI is InChI=1S/C17H25N5O2/c1-13(2)22-16(18-19(3)17(22)24)14-7-6-10-21(11-14)15(23)12-20-8-4-5-9-20/h4-5,8-9,13-14H,6-7,10-12H2,1-3H3. The lowest BCUT2D eigenvalue weighted by atomic mass is 9.96. The van der Waals surface area contributed by atoms with Gasteiger partial charge < -0.3 is 9.47 Å². The third-order valence-electron chi connectivity index (χ3n) is 4.62. The number of aromatic nitrogens is 4. The van der Waals surface area contributed by atoms with E-state index in [4.69, 9.17) is 0 Å². The zero-order valence-corrected chi connectivity index (χ0v) is 14.6. The van der Waals surface area contributed by atoms with Crippen molar-refractivity contribution in [1.29, 1.82) is 0 Å². The molecular formula is C17H25N5O2. The van der Waals surface area contributed by atoms with E-state index in [0.29, 0.717) is 13.1 Å². The summed E-state index contributed by atoms with van der Waals surface area (Å²) in [4.78, 5) is 26.7. The third kappa shape index (κ3) is 3.16. The fourth-order valence-corrected chi connectivity index (χ4v) is 3.41. The van der Waals surface area contributed by atoms with Gasteiger partial charge in [-0.1, -0.05) is 0 Å². The second-order valence-electron chi connectivity index (χ2n) is 6.76. The molecule has 1 saturated heterocycles. The van der Waals surface area contributed by atoms with Gasteiger partial charge in [0.25, 0.3) is 0 Å². The number of aryl methyl sites for hydroxylation is 1. The summed E-state index contributed by atoms with van der Waals surface area (Å²) in [5.41, 5.74) is -0.0872. The van der Waals surface area contributed by atoms with Crippen molar-refractivity contribution in [2.24, 2.45) is 7.05 Å². The molecule has 130 valence electrons. The van der Waals surface area contributed by atoms with Crippen molar-refractivity contribution in [2.45, 2.75) is 45.2 Å². The molecule has 1 aliphatic heterocycles. The monoisotopic (exact) mass is 331 g/mol. The predicted octanol–water partition coefficient (Wildman–Crippen LogP) is 1.37. The number of likely N-dealkylation sites (tertiary alicyclic amines) is 1. The van der Waals surface area contributed by atoms with Crippen LogP contribution in [0.4, 0.5) is 0 Å². The highest BCUT2D eigenvalue weighted by Gasteiger charge is 2.29. The molecule has 1 atom stereocenters. The smallest absolute Gasteiger partial charge is 0.345 e. The summed E-state index contributed by atoms with van der Waals surface area (Å²) >= 11 is 0. The van der Waals surface area contributed by atoms with Crippen LogP contribution in [-0.2, 0) is 18.4 Å². The van der Waals surface area contributed by atoms with Crippen LogP contribution < -0.4 is 5.69 Å². The summed E-state index contributed by atoms with van der Waals surface area (Å²) in [5.74, 6) is 1.03. The van der Waals surface area contributed by atoms with Crippen LogP contribution in [0.1, 0.15) is 44.5 Å². The van der Waals surface area contributed by atoms with E-state index in [0.717, 1.165) is 25.2 Å². The first kappa shape index (κ1) is 16.5. The fraction of sp³-hybridized carbons (Fsp3) is 0.588. The summed E-state index contributed by atoms with van der Waals surface area (Å²) in [6, 6.07) is 3.90. The third-order valence-corrected chi connectivity index (χ3v) is 4.62. The van der Waals surface area contributed by atoms with Crippen LogP contribution in [0, 0.1) is 0 Å². The van der Waals surface area contributed by atoms with Crippen molar-refractivity contribution >= 4 is 5.91 Å². The summed E-state index contributed by atoms with van der Waals surface area (Å²) in [5, 5.41) is 4.45. The Balaban J connectivity index is 1.77. The lowest BCUT2D eigenvalue weighted by Crippen LogP contribution is -2.41. The molecule has 0 bridgehead atoms. The van der Waals surface area contributed by atoms with E-state index in [-0.39, 0.29) is 23.6 Å². The predicted molar refractivity (Wildman–Crippen MR) is 90.8 cm³/mol. The zero-order valence-electron chi connectivity index (χ0n) is 14.6. The Morgan fingerprint density at radius 2 is 2.04 bits per heavy atom. The quantitative estimate of drug-likeness (QED) is 0.850. The number of hydrogen-bond donors (Lipinski definition) is 0. The van der Waals surface area contributed by atoms with Crippen molar-refractivity contribution in [3.63, 3.8) is 0 Å². The minimum Gasteiger partial charge on any atom is -0.345 e. The number of carbonyl (C=O) groups excluding carboxylic acids is 1. The van der Waals surface area contributed by atoms with Crippen LogP contribution in [0.3, 0.4) is 0 Å². The van der Waals surface area contributed by atoms with E-state index in [1.165, 1.54) is 4.68 Å². The maximum atomic E-state index is 12.5. The number of carbonyl (C=O) groups is 1. The largest absolute Gasteiger partial charge is 0.345 e. The van der Waals surface area contributed by atoms with Crippen LogP contribution in [0.2, 0.25) is 0 Å². The molecule has 2 aromatic rings. The van der Waals surface area contributed by atoms with Gasteiger partial charge in [0.1, 0.15) is 12.4 Å². The molecule has 7 heteroatoms. The van der Waals surface area contributed by atoms with Gasteiger partial charge in [0.05, 0.1) is 0 Å². The van der Waals surface area contributed by atoms with E-state index < -0.39 is 0 Å². The molecule has 0 radical (unpaired) electrons. The highest BCUT2D eigenvalue weighted by molar-refractivity contribution is 5.76. The number of piperidine rings is 1. The molecule has 1 fully saturated rings. The van der Waals surface area contributed by atoms with Gasteiger partial charge in [-0.25, -0.2) is 9.48 Å². The highest BCUT2D eigenvalue weighted by atomic mass is 16.2. The first-order chi connectivity index (χ1) is 11.5. The molecule has 0 aliphatic carbocycles. The van der Waals surface area contributed by atoms with Gasteiger partial charge >= 0.3 is 5.69 Å². The molecule has 1 aliphatic rings. The molecule has 0 N–H and O–H groups in total. The molecular weight excluding hydrogens is 306 g/mol. The van der Waals surface area contributed by atoms with Gasteiger partial charge in [0.2, 0.25) is 5.91 Å². The Morgan fingerprint density at radius 1 is 1.33 bits per heavy atom. The van der Waals surface area contributed by atoms with Crippen LogP contribution in [0.25, 0.3) is 0 Å². The SMILES string of the molecule is CC(C)n1c(C2CCCN(C(=O)Cn3cccc3)C2)nn(C)c1=O. The Morgan fingerprint density at radius 3 is 2.71 bits per heavy atom. The molecule has 0 aromatic carbocycles. The lowest BCUT2D eigenvalue weighted by Gasteiger charge is -2.32. The Labute approximate surface area is 141 Å². The molecule has 24 heavy (non-hydrogen) atoms. The van der Waals surface area contributed by atoms with Gasteiger partial charge in [0.15, 0.2) is 0 Å². The molecule has 3 heterocycles. The minimum absolute atomic E-state index is 0.0622. The van der Waals surface area contributed by atoms with E-state index in [1.54, 1.807) is 11.6 Å². The molecule has 7 nitrogen and oxygen atoms in total. The van der Waals surface area contributed by atoms with E-state index in [1.807, 2.05) is 47.8 Å². The topological polar surface area (TPSA) is 65.1 Å². The average molecular weight is 331 g/mol. The van der Waals surface area contributed by atoms with Crippen LogP contribution in [0.5, 0.6) is 0 Å². The van der Waals surface area contributed by atoms with Gasteiger partial charge in [-0.15, -0.1) is 0 Å². The molecule has 0 spiro atoms. The number of nitrogens with zero attached hydrogens (tertiary/aromatic N) is 5. The summed E-state index contributed by atoms with van der Waals surface area (Å²) in [7, 11) is 1.68. The number of amides is 1. The Bertz CT molecular complexity index is 757. The summed E-state index contributed by atoms with van der Waals surface area (Å²) < 4.78 is 5.04. The van der Waals surface area contributed by atoms with E-state index in [9.17, 15) is 9.59 Å². The Kier molecular flexibility index (Phi) is 4.59. The molecule has 0 saturated carbocycles. The van der Waals surface area contributed by atoms with Crippen molar-refractivity contribution < 1.29 is 4.79 Å². The summed E-state index contributed by atoms with van der Waals surface area (Å²) in [6.45, 7) is 5.74. The van der Waals surface area contributed by atoms with Gasteiger partial charge in [-0.3, -0.25) is 9.36 Å². The van der Waals surface area contributed by atoms with E-state index in [2.05, 4.69) is 5.10 Å². The van der Waals surface area contributed by atoms with Crippen molar-refractivity contribution in [2.75, 3.05) is 13.1 Å². The van der Waals surface area contributed by atoms with Crippen molar-refractivity contribution in [3.8, 4) is 0 Å². The van der Waals surface area contributed by atoms with Crippen molar-refractivity contribution in [1.82, 2.24) is 23.8 Å². The Hall–Kier alpha value is -2.31. The maximum absolute atomic E-state index is 12.5. The lowest BCUT2D eigenvalue weighted by molar-refractivity contribution is -0.133. The van der Waals surface area contributed by atoms with Crippen molar-refractivity contribution in [3.05, 3.63) is 40.8 Å². The van der Waals surface area contributed by atoms with Crippen LogP contribution in [0.15, 0.2) is 29.3 Å². The molecule has 1 amide bonds. The van der Waals surface area contributed by atoms with Gasteiger partial charge in [-0.05, 0) is 38.8 Å². The normalized spacial score (nSPS) is 18.3. The minimum atomic E-state index is -0.0872. The molecule has 2 aromatic heterocycles. The second kappa shape index (κ2) is 6.67. The van der Waals surface area contributed by atoms with E-state index >= 15 is 0 Å². The van der Waals surface area contributed by atoms with Crippen LogP contribution in [-0.4, -0.2) is 42.8 Å². The fourth-order valence-electron chi connectivity index (χ4n) is 3.41.